The number of nitrogens with two attached hydrogens (primary N) is 1. The highest BCUT2D eigenvalue weighted by atomic mass is 17.0. The molecule has 3 heteroatoms. The number of rotatable bonds is 1. The molecule has 0 unspecified atom stereocenters. The van der Waals surface area contributed by atoms with Crippen LogP contribution in [0.4, 0.5) is 0 Å². The third-order valence-electron chi connectivity index (χ3n) is 1.14. The van der Waals surface area contributed by atoms with Gasteiger partial charge in [0.15, 0.2) is 0 Å². The number of fused-ring (bicyclic) bond motifs is 1. The van der Waals surface area contributed by atoms with Crippen LogP contribution in [0.15, 0.2) is 0 Å². The molecule has 0 bridgehead atoms. The molecule has 0 aromatic carbocycles. The van der Waals surface area contributed by atoms with Crippen LogP contribution in [0.25, 0.3) is 0 Å². The average Bonchev–Trinajstić information content (AvgIpc) is 2.12. The minimum absolute atomic E-state index is 0.0856. The lowest BCUT2D eigenvalue weighted by Gasteiger charge is -1.89. The van der Waals surface area contributed by atoms with Gasteiger partial charge in [0.1, 0.15) is 0 Å². The van der Waals surface area contributed by atoms with Gasteiger partial charge in [-0.05, 0) is 0 Å². The highest BCUT2D eigenvalue weighted by Gasteiger charge is 2.76. The number of ether oxygens (including phenoxy) is 2. The van der Waals surface area contributed by atoms with Crippen molar-refractivity contribution >= 4 is 0 Å². The molecule has 3 nitrogen and oxygen atoms in total. The molecule has 6 heavy (non-hydrogen) atoms. The van der Waals surface area contributed by atoms with Crippen molar-refractivity contribution in [1.82, 2.24) is 0 Å². The maximum Gasteiger partial charge on any atom is 0.238 e. The first-order valence-electron chi connectivity index (χ1n) is 1.93. The molecule has 0 aromatic heterocycles. The van der Waals surface area contributed by atoms with E-state index in [1.807, 2.05) is 0 Å². The summed E-state index contributed by atoms with van der Waals surface area (Å²) >= 11 is 0. The van der Waals surface area contributed by atoms with Gasteiger partial charge in [-0.3, -0.25) is 0 Å². The highest BCUT2D eigenvalue weighted by molar-refractivity contribution is 5.03. The van der Waals surface area contributed by atoms with E-state index in [1.165, 1.54) is 0 Å². The Bertz CT molecular complexity index is 86.8. The van der Waals surface area contributed by atoms with Gasteiger partial charge in [0.2, 0.25) is 12.1 Å². The van der Waals surface area contributed by atoms with Crippen LogP contribution < -0.4 is 5.73 Å². The zero-order chi connectivity index (χ0) is 4.20. The van der Waals surface area contributed by atoms with Crippen molar-refractivity contribution in [3.05, 3.63) is 0 Å². The molecular formula is C3H5NO2. The van der Waals surface area contributed by atoms with Gasteiger partial charge in [0.25, 0.3) is 0 Å². The van der Waals surface area contributed by atoms with Crippen molar-refractivity contribution in [1.29, 1.82) is 0 Å². The van der Waals surface area contributed by atoms with E-state index in [0.717, 1.165) is 0 Å². The van der Waals surface area contributed by atoms with E-state index in [9.17, 15) is 0 Å². The summed E-state index contributed by atoms with van der Waals surface area (Å²) in [6.07, 6.45) is 0.0856. The van der Waals surface area contributed by atoms with Gasteiger partial charge in [-0.2, -0.15) is 0 Å². The van der Waals surface area contributed by atoms with Crippen LogP contribution in [0, 0.1) is 0 Å². The highest BCUT2D eigenvalue weighted by Crippen LogP contribution is 2.54. The van der Waals surface area contributed by atoms with Crippen molar-refractivity contribution in [2.75, 3.05) is 6.54 Å². The zero-order valence-electron chi connectivity index (χ0n) is 3.18. The predicted molar refractivity (Wildman–Crippen MR) is 17.7 cm³/mol. The molecule has 0 aromatic rings. The fourth-order valence-corrected chi connectivity index (χ4v) is 0.496. The number of hydrogen-bond acceptors (Lipinski definition) is 3. The van der Waals surface area contributed by atoms with Gasteiger partial charge in [-0.25, -0.2) is 0 Å². The van der Waals surface area contributed by atoms with Crippen LogP contribution in [0.5, 0.6) is 0 Å². The molecule has 2 aliphatic rings. The topological polar surface area (TPSA) is 51.1 Å². The van der Waals surface area contributed by atoms with Gasteiger partial charge in [-0.1, -0.05) is 0 Å². The molecule has 0 aliphatic carbocycles. The maximum atomic E-state index is 5.16. The Labute approximate surface area is 35.0 Å². The summed E-state index contributed by atoms with van der Waals surface area (Å²) in [6, 6.07) is 0. The molecular weight excluding hydrogens is 82.0 g/mol. The van der Waals surface area contributed by atoms with Gasteiger partial charge in [0, 0.05) is 0 Å². The molecule has 2 N–H and O–H groups in total. The predicted octanol–water partition coefficient (Wildman–Crippen LogP) is -0.972. The number of hydrogen-bond donors (Lipinski definition) is 1. The minimum Gasteiger partial charge on any atom is -0.326 e. The first-order valence-corrected chi connectivity index (χ1v) is 1.93. The van der Waals surface area contributed by atoms with E-state index in [-0.39, 0.29) is 12.1 Å². The van der Waals surface area contributed by atoms with E-state index >= 15 is 0 Å². The summed E-state index contributed by atoms with van der Waals surface area (Å²) in [7, 11) is 0. The summed E-state index contributed by atoms with van der Waals surface area (Å²) in [4.78, 5) is 0. The minimum atomic E-state index is -0.264. The number of epoxide rings is 2. The first-order chi connectivity index (χ1) is 2.87. The molecule has 0 saturated carbocycles. The Balaban J connectivity index is 2.10. The Morgan fingerprint density at radius 1 is 1.67 bits per heavy atom. The SMILES string of the molecule is NCC12OC1O2. The van der Waals surface area contributed by atoms with Crippen molar-refractivity contribution in [2.24, 2.45) is 5.73 Å². The Morgan fingerprint density at radius 2 is 2.17 bits per heavy atom. The fraction of sp³-hybridized carbons (Fsp3) is 1.00. The molecule has 2 rings (SSSR count). The van der Waals surface area contributed by atoms with E-state index in [0.29, 0.717) is 6.54 Å². The van der Waals surface area contributed by atoms with Crippen LogP contribution in [0.1, 0.15) is 0 Å². The third-order valence-corrected chi connectivity index (χ3v) is 1.14. The molecule has 2 aliphatic heterocycles. The maximum absolute atomic E-state index is 5.16. The monoisotopic (exact) mass is 87.0 g/mol. The lowest BCUT2D eigenvalue weighted by molar-refractivity contribution is -0.0449. The lowest BCUT2D eigenvalue weighted by atomic mass is 10.5. The van der Waals surface area contributed by atoms with Crippen LogP contribution in [0.2, 0.25) is 0 Å². The van der Waals surface area contributed by atoms with E-state index in [1.54, 1.807) is 0 Å². The second-order valence-corrected chi connectivity index (χ2v) is 1.58. The molecule has 2 fully saturated rings. The first kappa shape index (κ1) is 2.96. The summed E-state index contributed by atoms with van der Waals surface area (Å²) in [6.45, 7) is 0.512. The van der Waals surface area contributed by atoms with Crippen LogP contribution in [-0.4, -0.2) is 18.6 Å². The van der Waals surface area contributed by atoms with E-state index < -0.39 is 0 Å². The lowest BCUT2D eigenvalue weighted by Crippen LogP contribution is -2.14. The summed E-state index contributed by atoms with van der Waals surface area (Å²) in [5, 5.41) is 0. The van der Waals surface area contributed by atoms with Crippen LogP contribution in [-0.2, 0) is 9.47 Å². The van der Waals surface area contributed by atoms with Gasteiger partial charge in [0.05, 0.1) is 6.54 Å². The molecule has 34 valence electrons. The molecule has 2 saturated heterocycles. The zero-order valence-corrected chi connectivity index (χ0v) is 3.18. The van der Waals surface area contributed by atoms with Crippen molar-refractivity contribution in [3.8, 4) is 0 Å². The normalized spacial score (nSPS) is 60.5. The molecule has 0 amide bonds. The second-order valence-electron chi connectivity index (χ2n) is 1.58. The van der Waals surface area contributed by atoms with Crippen molar-refractivity contribution < 1.29 is 9.47 Å². The van der Waals surface area contributed by atoms with Crippen LogP contribution in [0.3, 0.4) is 0 Å². The summed E-state index contributed by atoms with van der Waals surface area (Å²) < 4.78 is 9.59. The quantitative estimate of drug-likeness (QED) is 0.418. The van der Waals surface area contributed by atoms with Crippen LogP contribution >= 0.6 is 0 Å². The summed E-state index contributed by atoms with van der Waals surface area (Å²) in [5.74, 6) is -0.264. The van der Waals surface area contributed by atoms with Gasteiger partial charge >= 0.3 is 0 Å². The summed E-state index contributed by atoms with van der Waals surface area (Å²) in [5.41, 5.74) is 5.16. The molecule has 0 atom stereocenters. The second kappa shape index (κ2) is 0.521. The van der Waals surface area contributed by atoms with E-state index in [4.69, 9.17) is 15.2 Å². The molecule has 0 radical (unpaired) electrons. The third kappa shape index (κ3) is 0.145. The van der Waals surface area contributed by atoms with E-state index in [2.05, 4.69) is 0 Å². The Kier molecular flexibility index (Phi) is 0.257. The van der Waals surface area contributed by atoms with Crippen molar-refractivity contribution in [3.63, 3.8) is 0 Å². The van der Waals surface area contributed by atoms with Gasteiger partial charge < -0.3 is 15.2 Å². The Morgan fingerprint density at radius 3 is 2.17 bits per heavy atom. The largest absolute Gasteiger partial charge is 0.326 e. The van der Waals surface area contributed by atoms with Crippen molar-refractivity contribution in [2.45, 2.75) is 12.1 Å². The smallest absolute Gasteiger partial charge is 0.238 e. The average molecular weight is 87.1 g/mol. The molecule has 0 spiro atoms. The standard InChI is InChI=1S/C3H5NO2/c4-1-3-2(5-3)6-3/h2H,1,4H2. The van der Waals surface area contributed by atoms with Gasteiger partial charge in [-0.15, -0.1) is 0 Å². The fourth-order valence-electron chi connectivity index (χ4n) is 0.496. The Hall–Kier alpha value is -0.120. The molecule has 2 heterocycles.